The quantitative estimate of drug-likeness (QED) is 0.430. The van der Waals surface area contributed by atoms with Crippen LogP contribution in [0.3, 0.4) is 0 Å². The topological polar surface area (TPSA) is 73.0 Å². The third kappa shape index (κ3) is 4.68. The summed E-state index contributed by atoms with van der Waals surface area (Å²) >= 11 is 0. The Morgan fingerprint density at radius 1 is 1.10 bits per heavy atom. The van der Waals surface area contributed by atoms with Gasteiger partial charge in [0.05, 0.1) is 5.69 Å². The van der Waals surface area contributed by atoms with Crippen LogP contribution in [0, 0.1) is 19.8 Å². The molecule has 0 fully saturated rings. The van der Waals surface area contributed by atoms with Crippen molar-refractivity contribution in [1.82, 2.24) is 14.8 Å². The van der Waals surface area contributed by atoms with Crippen molar-refractivity contribution in [2.45, 2.75) is 47.1 Å². The third-order valence-corrected chi connectivity index (χ3v) is 5.38. The second-order valence-electron chi connectivity index (χ2n) is 8.34. The molecule has 2 heterocycles. The van der Waals surface area contributed by atoms with Gasteiger partial charge < -0.3 is 9.73 Å². The van der Waals surface area contributed by atoms with Crippen molar-refractivity contribution in [3.05, 3.63) is 65.5 Å². The number of rotatable bonds is 7. The predicted molar refractivity (Wildman–Crippen MR) is 123 cm³/mol. The normalized spacial score (nSPS) is 11.4. The van der Waals surface area contributed by atoms with Crippen LogP contribution in [0.25, 0.3) is 22.6 Å². The molecule has 160 valence electrons. The third-order valence-electron chi connectivity index (χ3n) is 5.38. The molecule has 0 radical (unpaired) electrons. The number of carbonyl (C=O) groups excluding carboxylic acids is 1. The number of carbonyl (C=O) groups is 1. The summed E-state index contributed by atoms with van der Waals surface area (Å²) in [6.07, 6.45) is 1.10. The number of para-hydroxylation sites is 2. The maximum Gasteiger partial charge on any atom is 0.227 e. The van der Waals surface area contributed by atoms with Crippen LogP contribution in [0.4, 0.5) is 5.69 Å². The molecule has 0 saturated carbocycles. The maximum atomic E-state index is 12.5. The van der Waals surface area contributed by atoms with Gasteiger partial charge in [-0.1, -0.05) is 26.0 Å². The molecule has 4 aromatic rings. The number of benzene rings is 2. The first-order valence-corrected chi connectivity index (χ1v) is 10.7. The summed E-state index contributed by atoms with van der Waals surface area (Å²) in [6.45, 7) is 9.35. The highest BCUT2D eigenvalue weighted by molar-refractivity contribution is 5.91. The lowest BCUT2D eigenvalue weighted by atomic mass is 10.1. The second-order valence-corrected chi connectivity index (χ2v) is 8.34. The Morgan fingerprint density at radius 2 is 1.84 bits per heavy atom. The summed E-state index contributed by atoms with van der Waals surface area (Å²) in [5.74, 6) is 1.10. The van der Waals surface area contributed by atoms with Crippen molar-refractivity contribution < 1.29 is 9.21 Å². The second kappa shape index (κ2) is 8.76. The molecule has 0 bridgehead atoms. The average molecular weight is 417 g/mol. The van der Waals surface area contributed by atoms with Gasteiger partial charge in [0.2, 0.25) is 11.8 Å². The Labute approximate surface area is 182 Å². The predicted octanol–water partition coefficient (Wildman–Crippen LogP) is 5.54. The first-order valence-electron chi connectivity index (χ1n) is 10.7. The number of amides is 1. The van der Waals surface area contributed by atoms with Crippen LogP contribution in [0.5, 0.6) is 0 Å². The van der Waals surface area contributed by atoms with E-state index in [2.05, 4.69) is 40.9 Å². The van der Waals surface area contributed by atoms with Gasteiger partial charge in [0.1, 0.15) is 5.52 Å². The number of nitrogens with one attached hydrogen (secondary N) is 1. The first kappa shape index (κ1) is 20.8. The van der Waals surface area contributed by atoms with Gasteiger partial charge in [0.15, 0.2) is 5.58 Å². The van der Waals surface area contributed by atoms with E-state index in [0.29, 0.717) is 24.7 Å². The van der Waals surface area contributed by atoms with E-state index in [-0.39, 0.29) is 5.91 Å². The molecule has 4 rings (SSSR count). The molecule has 0 atom stereocenters. The molecule has 6 heteroatoms. The highest BCUT2D eigenvalue weighted by Gasteiger charge is 2.14. The molecule has 0 aliphatic carbocycles. The van der Waals surface area contributed by atoms with Crippen molar-refractivity contribution >= 4 is 22.7 Å². The molecule has 0 aliphatic heterocycles. The van der Waals surface area contributed by atoms with Crippen LogP contribution in [0.1, 0.15) is 37.2 Å². The first-order chi connectivity index (χ1) is 14.9. The largest absolute Gasteiger partial charge is 0.436 e. The minimum Gasteiger partial charge on any atom is -0.436 e. The fraction of sp³-hybridized carbons (Fsp3) is 0.320. The van der Waals surface area contributed by atoms with Gasteiger partial charge in [-0.25, -0.2) is 4.98 Å². The number of aromatic nitrogens is 3. The monoisotopic (exact) mass is 416 g/mol. The standard InChI is InChI=1S/C25H28N4O2/c1-16(2)15-29-18(4)21(17(3)28-29)13-14-24(30)26-20-11-9-19(10-12-20)25-27-22-7-5-6-8-23(22)31-25/h5-12,16H,13-15H2,1-4H3,(H,26,30). The molecule has 2 aromatic heterocycles. The Bertz CT molecular complexity index is 1170. The number of hydrogen-bond donors (Lipinski definition) is 1. The molecule has 0 aliphatic rings. The Hall–Kier alpha value is -3.41. The molecule has 6 nitrogen and oxygen atoms in total. The lowest BCUT2D eigenvalue weighted by Gasteiger charge is -2.08. The van der Waals surface area contributed by atoms with Gasteiger partial charge in [-0.2, -0.15) is 5.10 Å². The smallest absolute Gasteiger partial charge is 0.227 e. The maximum absolute atomic E-state index is 12.5. The highest BCUT2D eigenvalue weighted by atomic mass is 16.3. The highest BCUT2D eigenvalue weighted by Crippen LogP contribution is 2.25. The molecule has 0 saturated heterocycles. The van der Waals surface area contributed by atoms with E-state index in [1.807, 2.05) is 55.5 Å². The zero-order valence-corrected chi connectivity index (χ0v) is 18.5. The molecule has 31 heavy (non-hydrogen) atoms. The number of aryl methyl sites for hydroxylation is 1. The van der Waals surface area contributed by atoms with E-state index >= 15 is 0 Å². The summed E-state index contributed by atoms with van der Waals surface area (Å²) in [5, 5.41) is 7.61. The van der Waals surface area contributed by atoms with Crippen molar-refractivity contribution in [3.63, 3.8) is 0 Å². The number of oxazole rings is 1. The number of fused-ring (bicyclic) bond motifs is 1. The van der Waals surface area contributed by atoms with Crippen molar-refractivity contribution in [2.24, 2.45) is 5.92 Å². The van der Waals surface area contributed by atoms with Gasteiger partial charge in [0.25, 0.3) is 0 Å². The lowest BCUT2D eigenvalue weighted by molar-refractivity contribution is -0.116. The van der Waals surface area contributed by atoms with Crippen LogP contribution in [0.2, 0.25) is 0 Å². The van der Waals surface area contributed by atoms with Gasteiger partial charge in [0, 0.05) is 29.9 Å². The van der Waals surface area contributed by atoms with Gasteiger partial charge >= 0.3 is 0 Å². The van der Waals surface area contributed by atoms with E-state index in [9.17, 15) is 4.79 Å². The fourth-order valence-electron chi connectivity index (χ4n) is 3.77. The van der Waals surface area contributed by atoms with Crippen molar-refractivity contribution in [3.8, 4) is 11.5 Å². The minimum atomic E-state index is -0.00924. The molecular weight excluding hydrogens is 388 g/mol. The van der Waals surface area contributed by atoms with Crippen LogP contribution < -0.4 is 5.32 Å². The summed E-state index contributed by atoms with van der Waals surface area (Å²) in [4.78, 5) is 17.0. The molecule has 0 spiro atoms. The Kier molecular flexibility index (Phi) is 5.89. The van der Waals surface area contributed by atoms with E-state index < -0.39 is 0 Å². The average Bonchev–Trinajstić information content (AvgIpc) is 3.28. The van der Waals surface area contributed by atoms with E-state index in [1.54, 1.807) is 0 Å². The molecule has 2 aromatic carbocycles. The molecule has 1 N–H and O–H groups in total. The van der Waals surface area contributed by atoms with Gasteiger partial charge in [-0.3, -0.25) is 9.48 Å². The lowest BCUT2D eigenvalue weighted by Crippen LogP contribution is -2.13. The Balaban J connectivity index is 1.37. The number of anilines is 1. The molecular formula is C25H28N4O2. The van der Waals surface area contributed by atoms with Crippen LogP contribution >= 0.6 is 0 Å². The summed E-state index contributed by atoms with van der Waals surface area (Å²) < 4.78 is 7.86. The van der Waals surface area contributed by atoms with E-state index in [1.165, 1.54) is 5.56 Å². The van der Waals surface area contributed by atoms with E-state index in [0.717, 1.165) is 40.3 Å². The molecule has 1 amide bonds. The zero-order chi connectivity index (χ0) is 22.0. The number of nitrogens with zero attached hydrogens (tertiary/aromatic N) is 3. The Morgan fingerprint density at radius 3 is 2.55 bits per heavy atom. The summed E-state index contributed by atoms with van der Waals surface area (Å²) in [7, 11) is 0. The SMILES string of the molecule is Cc1nn(CC(C)C)c(C)c1CCC(=O)Nc1ccc(-c2nc3ccccc3o2)cc1. The van der Waals surface area contributed by atoms with Gasteiger partial charge in [-0.15, -0.1) is 0 Å². The van der Waals surface area contributed by atoms with Gasteiger partial charge in [-0.05, 0) is 68.1 Å². The van der Waals surface area contributed by atoms with Crippen LogP contribution in [-0.2, 0) is 17.8 Å². The van der Waals surface area contributed by atoms with Crippen LogP contribution in [0.15, 0.2) is 52.9 Å². The van der Waals surface area contributed by atoms with Crippen molar-refractivity contribution in [1.29, 1.82) is 0 Å². The number of hydrogen-bond acceptors (Lipinski definition) is 4. The van der Waals surface area contributed by atoms with Crippen molar-refractivity contribution in [2.75, 3.05) is 5.32 Å². The minimum absolute atomic E-state index is 0.00924. The molecule has 0 unspecified atom stereocenters. The fourth-order valence-corrected chi connectivity index (χ4v) is 3.77. The summed E-state index contributed by atoms with van der Waals surface area (Å²) in [6, 6.07) is 15.2. The van der Waals surface area contributed by atoms with Crippen LogP contribution in [-0.4, -0.2) is 20.7 Å². The van der Waals surface area contributed by atoms with E-state index in [4.69, 9.17) is 4.42 Å². The zero-order valence-electron chi connectivity index (χ0n) is 18.5. The summed E-state index contributed by atoms with van der Waals surface area (Å²) in [5.41, 5.74) is 6.55.